The number of Topliss-reactive ketones (excluding diaryl/α,β-unsaturated/α-hetero) is 1. The minimum Gasteiger partial charge on any atom is -0.496 e. The number of para-hydroxylation sites is 1. The molecule has 0 spiro atoms. The maximum absolute atomic E-state index is 12.8. The van der Waals surface area contributed by atoms with E-state index >= 15 is 0 Å². The van der Waals surface area contributed by atoms with Gasteiger partial charge in [0, 0.05) is 17.7 Å². The van der Waals surface area contributed by atoms with Gasteiger partial charge in [-0.05, 0) is 42.8 Å². The van der Waals surface area contributed by atoms with E-state index in [1.54, 1.807) is 37.3 Å². The molecular formula is C24H17NO7. The highest BCUT2D eigenvalue weighted by atomic mass is 16.6. The second kappa shape index (κ2) is 8.35. The van der Waals surface area contributed by atoms with Crippen molar-refractivity contribution in [2.45, 2.75) is 6.92 Å². The van der Waals surface area contributed by atoms with Gasteiger partial charge in [0.2, 0.25) is 5.78 Å². The van der Waals surface area contributed by atoms with Crippen LogP contribution in [0.1, 0.15) is 31.8 Å². The lowest BCUT2D eigenvalue weighted by molar-refractivity contribution is -0.384. The Morgan fingerprint density at radius 3 is 2.59 bits per heavy atom. The van der Waals surface area contributed by atoms with E-state index in [1.807, 2.05) is 0 Å². The zero-order valence-electron chi connectivity index (χ0n) is 17.2. The van der Waals surface area contributed by atoms with Crippen LogP contribution in [0.25, 0.3) is 6.08 Å². The van der Waals surface area contributed by atoms with Crippen molar-refractivity contribution in [3.05, 3.63) is 98.8 Å². The summed E-state index contributed by atoms with van der Waals surface area (Å²) in [6, 6.07) is 15.6. The zero-order chi connectivity index (χ0) is 22.8. The van der Waals surface area contributed by atoms with Crippen LogP contribution in [0.3, 0.4) is 0 Å². The molecule has 3 aromatic carbocycles. The van der Waals surface area contributed by atoms with Crippen LogP contribution < -0.4 is 14.2 Å². The van der Waals surface area contributed by atoms with Crippen LogP contribution in [0.5, 0.6) is 17.2 Å². The fraction of sp³-hybridized carbons (Fsp3) is 0.0833. The Labute approximate surface area is 182 Å². The monoisotopic (exact) mass is 431 g/mol. The van der Waals surface area contributed by atoms with E-state index in [1.165, 1.54) is 43.5 Å². The van der Waals surface area contributed by atoms with Gasteiger partial charge in [0.05, 0.1) is 17.6 Å². The summed E-state index contributed by atoms with van der Waals surface area (Å²) in [6.07, 6.45) is 1.44. The standard InChI is InChI=1S/C24H17NO7/c1-14-19(32-24(27)17-8-3-4-9-20(17)30-2)11-10-18-22(26)21(31-23(14)18)13-15-6-5-7-16(12-15)25(28)29/h3-13H,1-2H3/b21-13-. The molecule has 0 fully saturated rings. The van der Waals surface area contributed by atoms with E-state index in [2.05, 4.69) is 0 Å². The summed E-state index contributed by atoms with van der Waals surface area (Å²) in [6.45, 7) is 1.67. The normalized spacial score (nSPS) is 13.4. The van der Waals surface area contributed by atoms with E-state index < -0.39 is 10.9 Å². The number of non-ortho nitro benzene ring substituents is 1. The van der Waals surface area contributed by atoms with Crippen LogP contribution >= 0.6 is 0 Å². The summed E-state index contributed by atoms with van der Waals surface area (Å²) in [4.78, 5) is 35.9. The van der Waals surface area contributed by atoms with Gasteiger partial charge in [-0.1, -0.05) is 24.3 Å². The SMILES string of the molecule is COc1ccccc1C(=O)Oc1ccc2c(c1C)O/C(=C\c1cccc([N+](=O)[O-])c1)C2=O. The van der Waals surface area contributed by atoms with Crippen LogP contribution in [0.4, 0.5) is 5.69 Å². The average Bonchev–Trinajstić information content (AvgIpc) is 3.11. The van der Waals surface area contributed by atoms with Gasteiger partial charge < -0.3 is 14.2 Å². The topological polar surface area (TPSA) is 105 Å². The fourth-order valence-electron chi connectivity index (χ4n) is 3.33. The number of nitrogens with zero attached hydrogens (tertiary/aromatic N) is 1. The van der Waals surface area contributed by atoms with Gasteiger partial charge in [-0.3, -0.25) is 14.9 Å². The van der Waals surface area contributed by atoms with Crippen molar-refractivity contribution in [2.24, 2.45) is 0 Å². The second-order valence-electron chi connectivity index (χ2n) is 6.95. The Bertz CT molecular complexity index is 1290. The number of methoxy groups -OCH3 is 1. The molecule has 0 saturated carbocycles. The lowest BCUT2D eigenvalue weighted by Crippen LogP contribution is -2.11. The number of carbonyl (C=O) groups is 2. The number of esters is 1. The van der Waals surface area contributed by atoms with E-state index in [-0.39, 0.29) is 34.3 Å². The van der Waals surface area contributed by atoms with Crippen LogP contribution in [0.2, 0.25) is 0 Å². The number of hydrogen-bond donors (Lipinski definition) is 0. The third kappa shape index (κ3) is 3.81. The highest BCUT2D eigenvalue weighted by Gasteiger charge is 2.31. The van der Waals surface area contributed by atoms with Gasteiger partial charge in [-0.2, -0.15) is 0 Å². The summed E-state index contributed by atoms with van der Waals surface area (Å²) >= 11 is 0. The van der Waals surface area contributed by atoms with E-state index in [0.29, 0.717) is 22.4 Å². The summed E-state index contributed by atoms with van der Waals surface area (Å²) in [7, 11) is 1.46. The number of benzene rings is 3. The number of fused-ring (bicyclic) bond motifs is 1. The smallest absolute Gasteiger partial charge is 0.347 e. The Balaban J connectivity index is 1.62. The molecule has 8 nitrogen and oxygen atoms in total. The molecule has 1 aliphatic heterocycles. The molecule has 0 saturated heterocycles. The highest BCUT2D eigenvalue weighted by molar-refractivity contribution is 6.15. The highest BCUT2D eigenvalue weighted by Crippen LogP contribution is 2.39. The van der Waals surface area contributed by atoms with Gasteiger partial charge in [0.15, 0.2) is 5.76 Å². The van der Waals surface area contributed by atoms with Crippen molar-refractivity contribution in [1.82, 2.24) is 0 Å². The molecular weight excluding hydrogens is 414 g/mol. The molecule has 0 radical (unpaired) electrons. The fourth-order valence-corrected chi connectivity index (χ4v) is 3.33. The van der Waals surface area contributed by atoms with Crippen molar-refractivity contribution in [3.63, 3.8) is 0 Å². The molecule has 160 valence electrons. The maximum atomic E-state index is 12.8. The molecule has 1 aliphatic rings. The first-order valence-corrected chi connectivity index (χ1v) is 9.56. The first-order valence-electron chi connectivity index (χ1n) is 9.56. The van der Waals surface area contributed by atoms with Crippen LogP contribution in [-0.4, -0.2) is 23.8 Å². The molecule has 0 aliphatic carbocycles. The number of hydrogen-bond acceptors (Lipinski definition) is 7. The first-order chi connectivity index (χ1) is 15.4. The summed E-state index contributed by atoms with van der Waals surface area (Å²) in [5.41, 5.74) is 1.41. The van der Waals surface area contributed by atoms with Crippen molar-refractivity contribution >= 4 is 23.5 Å². The third-order valence-electron chi connectivity index (χ3n) is 4.94. The molecule has 32 heavy (non-hydrogen) atoms. The minimum atomic E-state index is -0.609. The molecule has 0 bridgehead atoms. The number of rotatable bonds is 5. The molecule has 1 heterocycles. The van der Waals surface area contributed by atoms with E-state index in [9.17, 15) is 19.7 Å². The van der Waals surface area contributed by atoms with Crippen molar-refractivity contribution in [2.75, 3.05) is 7.11 Å². The molecule has 0 unspecified atom stereocenters. The van der Waals surface area contributed by atoms with Gasteiger partial charge in [0.1, 0.15) is 22.8 Å². The number of nitro groups is 1. The van der Waals surface area contributed by atoms with Crippen molar-refractivity contribution in [3.8, 4) is 17.2 Å². The third-order valence-corrected chi connectivity index (χ3v) is 4.94. The number of allylic oxidation sites excluding steroid dienone is 1. The van der Waals surface area contributed by atoms with E-state index in [0.717, 1.165) is 0 Å². The van der Waals surface area contributed by atoms with E-state index in [4.69, 9.17) is 14.2 Å². The van der Waals surface area contributed by atoms with Crippen molar-refractivity contribution < 1.29 is 28.7 Å². The lowest BCUT2D eigenvalue weighted by atomic mass is 10.1. The summed E-state index contributed by atoms with van der Waals surface area (Å²) in [5, 5.41) is 11.0. The van der Waals surface area contributed by atoms with Crippen LogP contribution in [0.15, 0.2) is 66.4 Å². The zero-order valence-corrected chi connectivity index (χ0v) is 17.2. The molecule has 0 amide bonds. The Morgan fingerprint density at radius 2 is 1.84 bits per heavy atom. The van der Waals surface area contributed by atoms with Gasteiger partial charge in [-0.15, -0.1) is 0 Å². The predicted octanol–water partition coefficient (Wildman–Crippen LogP) is 4.75. The molecule has 8 heteroatoms. The first kappa shape index (κ1) is 20.8. The predicted molar refractivity (Wildman–Crippen MR) is 115 cm³/mol. The molecule has 4 rings (SSSR count). The van der Waals surface area contributed by atoms with Crippen LogP contribution in [0, 0.1) is 17.0 Å². The minimum absolute atomic E-state index is 0.0248. The largest absolute Gasteiger partial charge is 0.496 e. The molecule has 0 atom stereocenters. The Hall–Kier alpha value is -4.46. The van der Waals surface area contributed by atoms with Gasteiger partial charge in [-0.25, -0.2) is 4.79 Å². The van der Waals surface area contributed by atoms with Gasteiger partial charge in [0.25, 0.3) is 5.69 Å². The average molecular weight is 431 g/mol. The second-order valence-corrected chi connectivity index (χ2v) is 6.95. The number of ketones is 1. The molecule has 0 aromatic heterocycles. The van der Waals surface area contributed by atoms with Gasteiger partial charge >= 0.3 is 5.97 Å². The lowest BCUT2D eigenvalue weighted by Gasteiger charge is -2.11. The summed E-state index contributed by atoms with van der Waals surface area (Å²) < 4.78 is 16.5. The van der Waals surface area contributed by atoms with Crippen LogP contribution in [-0.2, 0) is 0 Å². The Morgan fingerprint density at radius 1 is 1.06 bits per heavy atom. The van der Waals surface area contributed by atoms with Crippen molar-refractivity contribution in [1.29, 1.82) is 0 Å². The molecule has 0 N–H and O–H groups in total. The number of carbonyl (C=O) groups excluding carboxylic acids is 2. The molecule has 3 aromatic rings. The quantitative estimate of drug-likeness (QED) is 0.189. The number of nitro benzene ring substituents is 1. The summed E-state index contributed by atoms with van der Waals surface area (Å²) in [5.74, 6) is -0.0535. The number of ether oxygens (including phenoxy) is 3. The Kier molecular flexibility index (Phi) is 5.43. The maximum Gasteiger partial charge on any atom is 0.347 e.